The Hall–Kier alpha value is -4.84. The molecular formula is C36H41N5O7. The minimum Gasteiger partial charge on any atom is -0.454 e. The largest absolute Gasteiger partial charge is 0.454 e. The van der Waals surface area contributed by atoms with Gasteiger partial charge in [-0.2, -0.15) is 0 Å². The predicted molar refractivity (Wildman–Crippen MR) is 177 cm³/mol. The van der Waals surface area contributed by atoms with Crippen molar-refractivity contribution in [3.63, 3.8) is 0 Å². The second kappa shape index (κ2) is 12.3. The van der Waals surface area contributed by atoms with Gasteiger partial charge in [-0.3, -0.25) is 14.2 Å². The van der Waals surface area contributed by atoms with Gasteiger partial charge in [0.15, 0.2) is 17.1 Å². The highest BCUT2D eigenvalue weighted by molar-refractivity contribution is 5.81. The molecule has 12 nitrogen and oxygen atoms in total. The highest BCUT2D eigenvalue weighted by Crippen LogP contribution is 2.37. The maximum Gasteiger partial charge on any atom is 0.410 e. The average molecular weight is 656 g/mol. The first-order valence-electron chi connectivity index (χ1n) is 16.5. The van der Waals surface area contributed by atoms with Gasteiger partial charge in [0.1, 0.15) is 11.9 Å². The van der Waals surface area contributed by atoms with E-state index in [-0.39, 0.29) is 42.7 Å². The number of nitrogens with zero attached hydrogens (tertiary/aromatic N) is 5. The number of piperidine rings is 2. The van der Waals surface area contributed by atoms with Crippen LogP contribution in [0.5, 0.6) is 11.5 Å². The van der Waals surface area contributed by atoms with Gasteiger partial charge in [-0.1, -0.05) is 30.3 Å². The summed E-state index contributed by atoms with van der Waals surface area (Å²) in [5.41, 5.74) is 0.284. The number of hydrogen-bond donors (Lipinski definition) is 1. The molecule has 48 heavy (non-hydrogen) atoms. The number of amides is 2. The van der Waals surface area contributed by atoms with Crippen LogP contribution in [-0.4, -0.2) is 85.2 Å². The molecule has 2 amide bonds. The van der Waals surface area contributed by atoms with E-state index in [1.54, 1.807) is 17.2 Å². The smallest absolute Gasteiger partial charge is 0.410 e. The van der Waals surface area contributed by atoms with Crippen LogP contribution >= 0.6 is 0 Å². The highest BCUT2D eigenvalue weighted by atomic mass is 16.7. The van der Waals surface area contributed by atoms with Gasteiger partial charge in [-0.05, 0) is 63.8 Å². The zero-order valence-electron chi connectivity index (χ0n) is 27.5. The van der Waals surface area contributed by atoms with E-state index in [9.17, 15) is 19.5 Å². The summed E-state index contributed by atoms with van der Waals surface area (Å²) in [4.78, 5) is 48.6. The number of fused-ring (bicyclic) bond motifs is 2. The summed E-state index contributed by atoms with van der Waals surface area (Å²) in [5, 5.41) is 12.0. The van der Waals surface area contributed by atoms with Crippen LogP contribution in [0.2, 0.25) is 0 Å². The average Bonchev–Trinajstić information content (AvgIpc) is 3.73. The van der Waals surface area contributed by atoms with E-state index in [2.05, 4.69) is 4.98 Å². The standard InChI is InChI=1S/C36H41N5O7/c1-35(2,3)48-34(44)39-15-11-26(28(20-39)24-7-5-4-6-8-24)32(42)38-17-13-36(45,14-18-38)21-40-22-37-31-27(33(40)43)12-16-41(31)25-9-10-29-30(19-25)47-23-46-29/h4-10,12,16,19,22,26,28,45H,11,13-15,17-18,20-21,23H2,1-3H3/t26-,28+/m1/s1. The number of rotatable bonds is 5. The fraction of sp³-hybridized carbons (Fsp3) is 0.444. The molecule has 252 valence electrons. The predicted octanol–water partition coefficient (Wildman–Crippen LogP) is 4.31. The summed E-state index contributed by atoms with van der Waals surface area (Å²) in [7, 11) is 0. The van der Waals surface area contributed by atoms with E-state index >= 15 is 0 Å². The summed E-state index contributed by atoms with van der Waals surface area (Å²) in [6.45, 7) is 7.35. The molecule has 0 bridgehead atoms. The number of carbonyl (C=O) groups excluding carboxylic acids is 2. The van der Waals surface area contributed by atoms with Crippen molar-refractivity contribution in [3.8, 4) is 17.2 Å². The number of hydrogen-bond acceptors (Lipinski definition) is 8. The second-order valence-electron chi connectivity index (χ2n) is 14.0. The first kappa shape index (κ1) is 31.7. The Morgan fingerprint density at radius 1 is 1.00 bits per heavy atom. The molecule has 5 heterocycles. The third kappa shape index (κ3) is 6.24. The topological polar surface area (TPSA) is 128 Å². The van der Waals surface area contributed by atoms with Gasteiger partial charge in [0.25, 0.3) is 5.56 Å². The minimum atomic E-state index is -1.17. The van der Waals surface area contributed by atoms with Crippen molar-refractivity contribution < 1.29 is 28.9 Å². The van der Waals surface area contributed by atoms with Crippen molar-refractivity contribution in [1.29, 1.82) is 0 Å². The second-order valence-corrected chi connectivity index (χ2v) is 14.0. The summed E-state index contributed by atoms with van der Waals surface area (Å²) >= 11 is 0. The molecule has 0 saturated carbocycles. The van der Waals surface area contributed by atoms with Crippen molar-refractivity contribution in [3.05, 3.63) is 83.0 Å². The van der Waals surface area contributed by atoms with Crippen LogP contribution in [0, 0.1) is 5.92 Å². The molecule has 0 radical (unpaired) electrons. The lowest BCUT2D eigenvalue weighted by atomic mass is 9.79. The van der Waals surface area contributed by atoms with Crippen LogP contribution in [0.3, 0.4) is 0 Å². The molecule has 2 atom stereocenters. The highest BCUT2D eigenvalue weighted by Gasteiger charge is 2.42. The van der Waals surface area contributed by atoms with E-state index in [0.717, 1.165) is 11.3 Å². The molecule has 12 heteroatoms. The van der Waals surface area contributed by atoms with Gasteiger partial charge in [0, 0.05) is 50.3 Å². The van der Waals surface area contributed by atoms with E-state index in [1.165, 1.54) is 10.9 Å². The van der Waals surface area contributed by atoms with Crippen molar-refractivity contribution in [2.45, 2.75) is 63.7 Å². The number of aliphatic hydroxyl groups is 1. The Balaban J connectivity index is 1.03. The monoisotopic (exact) mass is 655 g/mol. The molecule has 0 aliphatic carbocycles. The minimum absolute atomic E-state index is 0.0276. The van der Waals surface area contributed by atoms with Crippen LogP contribution in [0.25, 0.3) is 16.7 Å². The van der Waals surface area contributed by atoms with E-state index in [4.69, 9.17) is 14.2 Å². The molecular weight excluding hydrogens is 614 g/mol. The maximum absolute atomic E-state index is 14.0. The molecule has 3 aliphatic rings. The van der Waals surface area contributed by atoms with E-state index < -0.39 is 11.2 Å². The Morgan fingerprint density at radius 3 is 2.50 bits per heavy atom. The molecule has 2 aromatic carbocycles. The number of benzene rings is 2. The molecule has 1 N–H and O–H groups in total. The summed E-state index contributed by atoms with van der Waals surface area (Å²) in [6.07, 6.45) is 4.07. The molecule has 7 rings (SSSR count). The van der Waals surface area contributed by atoms with E-state index in [1.807, 2.05) is 78.8 Å². The van der Waals surface area contributed by atoms with Crippen molar-refractivity contribution in [2.75, 3.05) is 33.0 Å². The van der Waals surface area contributed by atoms with Crippen LogP contribution in [0.1, 0.15) is 51.5 Å². The molecule has 3 aliphatic heterocycles. The first-order chi connectivity index (χ1) is 23.0. The summed E-state index contributed by atoms with van der Waals surface area (Å²) < 4.78 is 19.8. The Kier molecular flexibility index (Phi) is 8.14. The van der Waals surface area contributed by atoms with Gasteiger partial charge >= 0.3 is 6.09 Å². The SMILES string of the molecule is CC(C)(C)OC(=O)N1CC[C@@H](C(=O)N2CCC(O)(Cn3cnc4c(ccn4-c4ccc5c(c4)OCO5)c3=O)CC2)[C@H](c2ccccc2)C1. The fourth-order valence-corrected chi connectivity index (χ4v) is 7.04. The Morgan fingerprint density at radius 2 is 1.75 bits per heavy atom. The Bertz CT molecular complexity index is 1890. The van der Waals surface area contributed by atoms with Crippen LogP contribution in [0.4, 0.5) is 4.79 Å². The van der Waals surface area contributed by atoms with Gasteiger partial charge < -0.3 is 33.7 Å². The zero-order valence-corrected chi connectivity index (χ0v) is 27.5. The van der Waals surface area contributed by atoms with Crippen LogP contribution in [-0.2, 0) is 16.1 Å². The van der Waals surface area contributed by atoms with Crippen molar-refractivity contribution >= 4 is 23.0 Å². The molecule has 4 aromatic rings. The molecule has 2 aromatic heterocycles. The van der Waals surface area contributed by atoms with Crippen molar-refractivity contribution in [2.24, 2.45) is 5.92 Å². The number of likely N-dealkylation sites (tertiary alicyclic amines) is 2. The zero-order chi connectivity index (χ0) is 33.6. The van der Waals surface area contributed by atoms with Crippen molar-refractivity contribution in [1.82, 2.24) is 23.9 Å². The number of ether oxygens (including phenoxy) is 3. The lowest BCUT2D eigenvalue weighted by Gasteiger charge is -2.43. The van der Waals surface area contributed by atoms with Gasteiger partial charge in [-0.25, -0.2) is 9.78 Å². The molecule has 2 saturated heterocycles. The normalized spacial score (nSPS) is 20.6. The lowest BCUT2D eigenvalue weighted by Crippen LogP contribution is -2.53. The third-order valence-corrected chi connectivity index (χ3v) is 9.58. The maximum atomic E-state index is 14.0. The third-order valence-electron chi connectivity index (χ3n) is 9.58. The Labute approximate surface area is 278 Å². The van der Waals surface area contributed by atoms with E-state index in [0.29, 0.717) is 68.0 Å². The van der Waals surface area contributed by atoms with Crippen LogP contribution < -0.4 is 15.0 Å². The van der Waals surface area contributed by atoms with Crippen LogP contribution in [0.15, 0.2) is 71.9 Å². The summed E-state index contributed by atoms with van der Waals surface area (Å²) in [6, 6.07) is 17.1. The van der Waals surface area contributed by atoms with Gasteiger partial charge in [-0.15, -0.1) is 0 Å². The molecule has 0 spiro atoms. The van der Waals surface area contributed by atoms with Gasteiger partial charge in [0.05, 0.1) is 23.2 Å². The molecule has 2 fully saturated rings. The molecule has 0 unspecified atom stereocenters. The number of aromatic nitrogens is 3. The first-order valence-corrected chi connectivity index (χ1v) is 16.5. The summed E-state index contributed by atoms with van der Waals surface area (Å²) in [5.74, 6) is 0.852. The lowest BCUT2D eigenvalue weighted by molar-refractivity contribution is -0.142. The quantitative estimate of drug-likeness (QED) is 0.337. The number of carbonyl (C=O) groups is 2. The van der Waals surface area contributed by atoms with Gasteiger partial charge in [0.2, 0.25) is 12.7 Å². The fourth-order valence-electron chi connectivity index (χ4n) is 7.04.